The molecule has 0 bridgehead atoms. The zero-order valence-corrected chi connectivity index (χ0v) is 8.10. The van der Waals surface area contributed by atoms with Crippen molar-refractivity contribution in [3.8, 4) is 0 Å². The molecule has 0 radical (unpaired) electrons. The number of aliphatic imine (C=N–C) groups is 1. The fourth-order valence-electron chi connectivity index (χ4n) is 1.22. The van der Waals surface area contributed by atoms with Crippen LogP contribution >= 0.6 is 0 Å². The van der Waals surface area contributed by atoms with Gasteiger partial charge in [0, 0.05) is 14.1 Å². The predicted molar refractivity (Wildman–Crippen MR) is 50.7 cm³/mol. The van der Waals surface area contributed by atoms with Crippen LogP contribution < -0.4 is 5.32 Å². The molecule has 1 aliphatic rings. The van der Waals surface area contributed by atoms with Gasteiger partial charge in [-0.25, -0.2) is 4.99 Å². The smallest absolute Gasteiger partial charge is 0.126 e. The first-order valence-electron chi connectivity index (χ1n) is 4.02. The molecule has 0 aliphatic carbocycles. The Labute approximate surface area is 73.2 Å². The molecule has 4 heteroatoms. The summed E-state index contributed by atoms with van der Waals surface area (Å²) in [6, 6.07) is 0. The minimum Gasteiger partial charge on any atom is -0.366 e. The highest BCUT2D eigenvalue weighted by Crippen LogP contribution is 2.12. The van der Waals surface area contributed by atoms with E-state index in [0.717, 1.165) is 5.84 Å². The summed E-state index contributed by atoms with van der Waals surface area (Å²) in [5.74, 6) is 1.50. The van der Waals surface area contributed by atoms with Gasteiger partial charge in [-0.15, -0.1) is 0 Å². The summed E-state index contributed by atoms with van der Waals surface area (Å²) in [5.41, 5.74) is -0.324. The lowest BCUT2D eigenvalue weighted by Gasteiger charge is -2.32. The van der Waals surface area contributed by atoms with Crippen molar-refractivity contribution in [2.24, 2.45) is 4.99 Å². The van der Waals surface area contributed by atoms with Crippen molar-refractivity contribution < 1.29 is 0 Å². The second-order valence-corrected chi connectivity index (χ2v) is 3.76. The maximum atomic E-state index is 7.55. The summed E-state index contributed by atoms with van der Waals surface area (Å²) in [6.45, 7) is 3.92. The van der Waals surface area contributed by atoms with E-state index in [-0.39, 0.29) is 5.66 Å². The molecule has 0 unspecified atom stereocenters. The Bertz CT molecular complexity index is 227. The largest absolute Gasteiger partial charge is 0.366 e. The zero-order valence-electron chi connectivity index (χ0n) is 8.10. The molecule has 0 saturated heterocycles. The minimum atomic E-state index is -0.324. The number of hydrogen-bond donors (Lipinski definition) is 2. The van der Waals surface area contributed by atoms with Gasteiger partial charge in [-0.3, -0.25) is 5.41 Å². The SMILES string of the molecule is CN(C)C1=NC(C)(C)NC(=N)C1. The van der Waals surface area contributed by atoms with Gasteiger partial charge >= 0.3 is 0 Å². The van der Waals surface area contributed by atoms with Crippen LogP contribution in [0.15, 0.2) is 4.99 Å². The summed E-state index contributed by atoms with van der Waals surface area (Å²) in [6.07, 6.45) is 0.608. The number of nitrogens with zero attached hydrogens (tertiary/aromatic N) is 2. The molecule has 1 heterocycles. The topological polar surface area (TPSA) is 51.5 Å². The summed E-state index contributed by atoms with van der Waals surface area (Å²) in [7, 11) is 3.90. The Hall–Kier alpha value is -1.06. The van der Waals surface area contributed by atoms with E-state index >= 15 is 0 Å². The number of rotatable bonds is 0. The van der Waals surface area contributed by atoms with E-state index in [1.165, 1.54) is 0 Å². The Balaban J connectivity index is 2.88. The molecule has 0 spiro atoms. The molecule has 0 aromatic rings. The standard InChI is InChI=1S/C8H16N4/c1-8(2)10-6(9)5-7(11-8)12(3)4/h5H2,1-4H3,(H2,9,10). The first-order chi connectivity index (χ1) is 5.41. The molecule has 0 fully saturated rings. The third-order valence-electron chi connectivity index (χ3n) is 1.72. The van der Waals surface area contributed by atoms with E-state index in [1.54, 1.807) is 0 Å². The maximum absolute atomic E-state index is 7.55. The monoisotopic (exact) mass is 168 g/mol. The highest BCUT2D eigenvalue weighted by Gasteiger charge is 2.24. The molecule has 12 heavy (non-hydrogen) atoms. The Morgan fingerprint density at radius 3 is 2.50 bits per heavy atom. The number of nitrogens with one attached hydrogen (secondary N) is 2. The molecule has 1 rings (SSSR count). The predicted octanol–water partition coefficient (Wildman–Crippen LogP) is 0.653. The number of amidine groups is 2. The first kappa shape index (κ1) is 9.03. The van der Waals surface area contributed by atoms with Gasteiger partial charge in [0.25, 0.3) is 0 Å². The van der Waals surface area contributed by atoms with Crippen molar-refractivity contribution in [1.82, 2.24) is 10.2 Å². The lowest BCUT2D eigenvalue weighted by molar-refractivity contribution is 0.452. The van der Waals surface area contributed by atoms with E-state index < -0.39 is 0 Å². The second kappa shape index (κ2) is 2.77. The normalized spacial score (nSPS) is 21.3. The van der Waals surface area contributed by atoms with Crippen LogP contribution in [0.1, 0.15) is 20.3 Å². The summed E-state index contributed by atoms with van der Waals surface area (Å²) >= 11 is 0. The summed E-state index contributed by atoms with van der Waals surface area (Å²) in [5, 5.41) is 10.6. The zero-order chi connectivity index (χ0) is 9.35. The first-order valence-corrected chi connectivity index (χ1v) is 4.02. The van der Waals surface area contributed by atoms with Crippen LogP contribution in [-0.4, -0.2) is 36.3 Å². The third-order valence-corrected chi connectivity index (χ3v) is 1.72. The molecule has 1 aliphatic heterocycles. The number of hydrogen-bond acceptors (Lipinski definition) is 3. The fraction of sp³-hybridized carbons (Fsp3) is 0.750. The van der Waals surface area contributed by atoms with Crippen LogP contribution in [0.2, 0.25) is 0 Å². The molecule has 0 atom stereocenters. The highest BCUT2D eigenvalue weighted by atomic mass is 15.2. The lowest BCUT2D eigenvalue weighted by Crippen LogP contribution is -2.49. The molecule has 0 aromatic carbocycles. The average molecular weight is 168 g/mol. The van der Waals surface area contributed by atoms with Crippen molar-refractivity contribution in [1.29, 1.82) is 5.41 Å². The van der Waals surface area contributed by atoms with E-state index in [1.807, 2.05) is 32.8 Å². The highest BCUT2D eigenvalue weighted by molar-refractivity contribution is 6.03. The van der Waals surface area contributed by atoms with Crippen LogP contribution in [0.4, 0.5) is 0 Å². The van der Waals surface area contributed by atoms with Crippen LogP contribution in [0.5, 0.6) is 0 Å². The Morgan fingerprint density at radius 1 is 1.50 bits per heavy atom. The molecule has 68 valence electrons. The van der Waals surface area contributed by atoms with Gasteiger partial charge in [-0.1, -0.05) is 0 Å². The van der Waals surface area contributed by atoms with Gasteiger partial charge in [0.05, 0.1) is 6.42 Å². The van der Waals surface area contributed by atoms with Crippen molar-refractivity contribution >= 4 is 11.7 Å². The molecule has 0 amide bonds. The molecular weight excluding hydrogens is 152 g/mol. The second-order valence-electron chi connectivity index (χ2n) is 3.76. The van der Waals surface area contributed by atoms with Gasteiger partial charge in [0.2, 0.25) is 0 Å². The van der Waals surface area contributed by atoms with Gasteiger partial charge < -0.3 is 10.2 Å². The van der Waals surface area contributed by atoms with Crippen LogP contribution in [0.25, 0.3) is 0 Å². The van der Waals surface area contributed by atoms with Gasteiger partial charge in [0.15, 0.2) is 0 Å². The molecule has 4 nitrogen and oxygen atoms in total. The average Bonchev–Trinajstić information content (AvgIpc) is 1.82. The van der Waals surface area contributed by atoms with E-state index in [2.05, 4.69) is 10.3 Å². The summed E-state index contributed by atoms with van der Waals surface area (Å²) < 4.78 is 0. The summed E-state index contributed by atoms with van der Waals surface area (Å²) in [4.78, 5) is 6.41. The lowest BCUT2D eigenvalue weighted by atomic mass is 10.1. The molecular formula is C8H16N4. The van der Waals surface area contributed by atoms with Crippen molar-refractivity contribution in [2.75, 3.05) is 14.1 Å². The molecule has 0 saturated carbocycles. The van der Waals surface area contributed by atoms with Gasteiger partial charge in [0.1, 0.15) is 17.3 Å². The molecule has 0 aromatic heterocycles. The van der Waals surface area contributed by atoms with Crippen LogP contribution in [0, 0.1) is 5.41 Å². The quantitative estimate of drug-likeness (QED) is 0.558. The van der Waals surface area contributed by atoms with Crippen LogP contribution in [0.3, 0.4) is 0 Å². The van der Waals surface area contributed by atoms with Crippen molar-refractivity contribution in [3.63, 3.8) is 0 Å². The van der Waals surface area contributed by atoms with E-state index in [0.29, 0.717) is 12.3 Å². The molecule has 2 N–H and O–H groups in total. The Morgan fingerprint density at radius 2 is 2.08 bits per heavy atom. The van der Waals surface area contributed by atoms with Crippen LogP contribution in [-0.2, 0) is 0 Å². The van der Waals surface area contributed by atoms with Gasteiger partial charge in [-0.2, -0.15) is 0 Å². The third kappa shape index (κ3) is 1.96. The fourth-order valence-corrected chi connectivity index (χ4v) is 1.22. The van der Waals surface area contributed by atoms with Crippen molar-refractivity contribution in [2.45, 2.75) is 25.9 Å². The maximum Gasteiger partial charge on any atom is 0.126 e. The minimum absolute atomic E-state index is 0.324. The van der Waals surface area contributed by atoms with E-state index in [4.69, 9.17) is 5.41 Å². The Kier molecular flexibility index (Phi) is 2.08. The van der Waals surface area contributed by atoms with Gasteiger partial charge in [-0.05, 0) is 13.8 Å². The van der Waals surface area contributed by atoms with Crippen molar-refractivity contribution in [3.05, 3.63) is 0 Å². The van der Waals surface area contributed by atoms with E-state index in [9.17, 15) is 0 Å².